The molecule has 1 aliphatic heterocycles. The Morgan fingerprint density at radius 3 is 2.95 bits per heavy atom. The van der Waals surface area contributed by atoms with Crippen LogP contribution >= 0.6 is 15.9 Å². The maximum atomic E-state index is 12.4. The number of hydrogen-bond donors (Lipinski definition) is 1. The van der Waals surface area contributed by atoms with E-state index in [4.69, 9.17) is 4.74 Å². The van der Waals surface area contributed by atoms with E-state index in [2.05, 4.69) is 32.7 Å². The first-order valence-electron chi connectivity index (χ1n) is 6.93. The average molecular weight is 327 g/mol. The van der Waals surface area contributed by atoms with E-state index in [1.807, 2.05) is 12.3 Å². The SMILES string of the molecule is CC1CC(NC(=O)c2cc(Br)cn2C2CC2)CCO1. The van der Waals surface area contributed by atoms with Crippen molar-refractivity contribution in [1.82, 2.24) is 9.88 Å². The molecule has 1 saturated carbocycles. The molecule has 3 rings (SSSR count). The number of rotatable bonds is 3. The topological polar surface area (TPSA) is 43.3 Å². The van der Waals surface area contributed by atoms with Crippen LogP contribution < -0.4 is 5.32 Å². The van der Waals surface area contributed by atoms with Crippen molar-refractivity contribution in [3.63, 3.8) is 0 Å². The van der Waals surface area contributed by atoms with Crippen LogP contribution in [0.4, 0.5) is 0 Å². The van der Waals surface area contributed by atoms with Gasteiger partial charge in [-0.1, -0.05) is 0 Å². The lowest BCUT2D eigenvalue weighted by molar-refractivity contribution is 0.0136. The van der Waals surface area contributed by atoms with Crippen molar-refractivity contribution in [2.45, 2.75) is 50.8 Å². The minimum Gasteiger partial charge on any atom is -0.378 e. The number of hydrogen-bond acceptors (Lipinski definition) is 2. The van der Waals surface area contributed by atoms with Crippen molar-refractivity contribution in [2.24, 2.45) is 0 Å². The molecule has 2 aliphatic rings. The zero-order valence-corrected chi connectivity index (χ0v) is 12.6. The highest BCUT2D eigenvalue weighted by Gasteiger charge is 2.29. The fourth-order valence-electron chi connectivity index (χ4n) is 2.67. The quantitative estimate of drug-likeness (QED) is 0.928. The van der Waals surface area contributed by atoms with Crippen LogP contribution in [-0.4, -0.2) is 29.2 Å². The highest BCUT2D eigenvalue weighted by molar-refractivity contribution is 9.10. The van der Waals surface area contributed by atoms with Gasteiger partial charge in [-0.15, -0.1) is 0 Å². The number of aromatic nitrogens is 1. The molecule has 1 amide bonds. The number of carbonyl (C=O) groups excluding carboxylic acids is 1. The molecule has 4 nitrogen and oxygen atoms in total. The Bertz CT molecular complexity index is 482. The molecule has 1 aliphatic carbocycles. The maximum absolute atomic E-state index is 12.4. The Kier molecular flexibility index (Phi) is 3.67. The van der Waals surface area contributed by atoms with Gasteiger partial charge in [0, 0.05) is 29.4 Å². The molecule has 2 unspecified atom stereocenters. The Labute approximate surface area is 121 Å². The van der Waals surface area contributed by atoms with E-state index in [9.17, 15) is 4.79 Å². The van der Waals surface area contributed by atoms with Crippen LogP contribution in [0.3, 0.4) is 0 Å². The molecule has 104 valence electrons. The average Bonchev–Trinajstić information content (AvgIpc) is 3.12. The van der Waals surface area contributed by atoms with E-state index < -0.39 is 0 Å². The van der Waals surface area contributed by atoms with Crippen LogP contribution in [0, 0.1) is 0 Å². The van der Waals surface area contributed by atoms with Crippen LogP contribution in [-0.2, 0) is 4.74 Å². The van der Waals surface area contributed by atoms with Crippen molar-refractivity contribution in [3.05, 3.63) is 22.4 Å². The van der Waals surface area contributed by atoms with Gasteiger partial charge in [0.2, 0.25) is 0 Å². The molecule has 1 saturated heterocycles. The maximum Gasteiger partial charge on any atom is 0.268 e. The van der Waals surface area contributed by atoms with Crippen LogP contribution in [0.15, 0.2) is 16.7 Å². The van der Waals surface area contributed by atoms with Gasteiger partial charge in [-0.3, -0.25) is 4.79 Å². The standard InChI is InChI=1S/C14H19BrN2O2/c1-9-6-11(4-5-19-9)16-14(18)13-7-10(15)8-17(13)12-2-3-12/h7-9,11-12H,2-6H2,1H3,(H,16,18). The summed E-state index contributed by atoms with van der Waals surface area (Å²) in [6.45, 7) is 2.79. The molecule has 1 aromatic rings. The van der Waals surface area contributed by atoms with E-state index >= 15 is 0 Å². The summed E-state index contributed by atoms with van der Waals surface area (Å²) in [7, 11) is 0. The van der Waals surface area contributed by atoms with Crippen molar-refractivity contribution in [1.29, 1.82) is 0 Å². The molecule has 0 radical (unpaired) electrons. The monoisotopic (exact) mass is 326 g/mol. The van der Waals surface area contributed by atoms with Crippen LogP contribution in [0.1, 0.15) is 49.1 Å². The predicted octanol–water partition coefficient (Wildman–Crippen LogP) is 2.88. The lowest BCUT2D eigenvalue weighted by Crippen LogP contribution is -2.41. The highest BCUT2D eigenvalue weighted by atomic mass is 79.9. The summed E-state index contributed by atoms with van der Waals surface area (Å²) >= 11 is 3.46. The fraction of sp³-hybridized carbons (Fsp3) is 0.643. The smallest absolute Gasteiger partial charge is 0.268 e. The second-order valence-electron chi connectivity index (χ2n) is 5.56. The lowest BCUT2D eigenvalue weighted by atomic mass is 10.0. The third-order valence-corrected chi connectivity index (χ3v) is 4.24. The van der Waals surface area contributed by atoms with Gasteiger partial charge >= 0.3 is 0 Å². The molecule has 5 heteroatoms. The molecule has 19 heavy (non-hydrogen) atoms. The number of carbonyl (C=O) groups is 1. The van der Waals surface area contributed by atoms with Crippen LogP contribution in [0.2, 0.25) is 0 Å². The summed E-state index contributed by atoms with van der Waals surface area (Å²) in [6.07, 6.45) is 6.41. The van der Waals surface area contributed by atoms with E-state index in [1.54, 1.807) is 0 Å². The largest absolute Gasteiger partial charge is 0.378 e. The van der Waals surface area contributed by atoms with Gasteiger partial charge in [-0.05, 0) is 54.6 Å². The fourth-order valence-corrected chi connectivity index (χ4v) is 3.11. The summed E-state index contributed by atoms with van der Waals surface area (Å²) in [5.41, 5.74) is 0.772. The summed E-state index contributed by atoms with van der Waals surface area (Å²) < 4.78 is 8.58. The van der Waals surface area contributed by atoms with Gasteiger partial charge in [0.1, 0.15) is 5.69 Å². The molecule has 0 aromatic carbocycles. The van der Waals surface area contributed by atoms with Gasteiger partial charge in [0.25, 0.3) is 5.91 Å². The Morgan fingerprint density at radius 2 is 2.26 bits per heavy atom. The minimum atomic E-state index is 0.0386. The first-order chi connectivity index (χ1) is 9.13. The first-order valence-corrected chi connectivity index (χ1v) is 7.72. The van der Waals surface area contributed by atoms with Gasteiger partial charge in [0.15, 0.2) is 0 Å². The Morgan fingerprint density at radius 1 is 1.47 bits per heavy atom. The molecule has 2 heterocycles. The Hall–Kier alpha value is -0.810. The molecule has 2 atom stereocenters. The highest BCUT2D eigenvalue weighted by Crippen LogP contribution is 2.37. The molecule has 0 bridgehead atoms. The van der Waals surface area contributed by atoms with Crippen molar-refractivity contribution >= 4 is 21.8 Å². The molecular formula is C14H19BrN2O2. The Balaban J connectivity index is 1.69. The number of ether oxygens (including phenoxy) is 1. The molecular weight excluding hydrogens is 308 g/mol. The zero-order valence-electron chi connectivity index (χ0n) is 11.1. The van der Waals surface area contributed by atoms with E-state index in [0.29, 0.717) is 6.04 Å². The normalized spacial score (nSPS) is 27.3. The van der Waals surface area contributed by atoms with Crippen LogP contribution in [0.5, 0.6) is 0 Å². The van der Waals surface area contributed by atoms with Crippen molar-refractivity contribution in [3.8, 4) is 0 Å². The lowest BCUT2D eigenvalue weighted by Gasteiger charge is -2.28. The van der Waals surface area contributed by atoms with Gasteiger partial charge in [-0.25, -0.2) is 0 Å². The number of halogens is 1. The number of amides is 1. The minimum absolute atomic E-state index is 0.0386. The summed E-state index contributed by atoms with van der Waals surface area (Å²) in [5.74, 6) is 0.0386. The number of nitrogens with one attached hydrogen (secondary N) is 1. The zero-order chi connectivity index (χ0) is 13.4. The van der Waals surface area contributed by atoms with E-state index in [-0.39, 0.29) is 18.1 Å². The summed E-state index contributed by atoms with van der Waals surface area (Å²) in [6, 6.07) is 2.66. The predicted molar refractivity (Wildman–Crippen MR) is 76.3 cm³/mol. The molecule has 0 spiro atoms. The first kappa shape index (κ1) is 13.2. The molecule has 1 aromatic heterocycles. The number of nitrogens with zero attached hydrogens (tertiary/aromatic N) is 1. The van der Waals surface area contributed by atoms with E-state index in [0.717, 1.165) is 29.6 Å². The second-order valence-corrected chi connectivity index (χ2v) is 6.47. The third kappa shape index (κ3) is 3.03. The summed E-state index contributed by atoms with van der Waals surface area (Å²) in [5, 5.41) is 3.14. The molecule has 1 N–H and O–H groups in total. The van der Waals surface area contributed by atoms with Crippen LogP contribution in [0.25, 0.3) is 0 Å². The van der Waals surface area contributed by atoms with Gasteiger partial charge < -0.3 is 14.6 Å². The molecule has 2 fully saturated rings. The second kappa shape index (κ2) is 5.29. The summed E-state index contributed by atoms with van der Waals surface area (Å²) in [4.78, 5) is 12.4. The van der Waals surface area contributed by atoms with Gasteiger partial charge in [-0.2, -0.15) is 0 Å². The van der Waals surface area contributed by atoms with Crippen molar-refractivity contribution in [2.75, 3.05) is 6.61 Å². The van der Waals surface area contributed by atoms with Gasteiger partial charge in [0.05, 0.1) is 6.10 Å². The van der Waals surface area contributed by atoms with E-state index in [1.165, 1.54) is 12.8 Å². The third-order valence-electron chi connectivity index (χ3n) is 3.81. The van der Waals surface area contributed by atoms with Crippen molar-refractivity contribution < 1.29 is 9.53 Å².